The highest BCUT2D eigenvalue weighted by Gasteiger charge is 2.38. The average Bonchev–Trinajstić information content (AvgIpc) is 2.25. The van der Waals surface area contributed by atoms with E-state index in [1.807, 2.05) is 0 Å². The van der Waals surface area contributed by atoms with E-state index in [2.05, 4.69) is 0 Å². The Balaban J connectivity index is 2.36. The number of aromatic hydroxyl groups is 1. The first-order chi connectivity index (χ1) is 7.65. The summed E-state index contributed by atoms with van der Waals surface area (Å²) >= 11 is 0. The van der Waals surface area contributed by atoms with Gasteiger partial charge in [-0.3, -0.25) is 0 Å². The summed E-state index contributed by atoms with van der Waals surface area (Å²) in [7, 11) is 0. The van der Waals surface area contributed by atoms with Crippen LogP contribution in [0.4, 0.5) is 0 Å². The molecule has 16 heavy (non-hydrogen) atoms. The number of ether oxygens (including phenoxy) is 2. The molecule has 1 aliphatic heterocycles. The summed E-state index contributed by atoms with van der Waals surface area (Å²) in [5.74, 6) is 0.232. The number of fused-ring (bicyclic) bond motifs is 1. The minimum absolute atomic E-state index is 0.0981. The molecule has 0 aliphatic carbocycles. The number of benzene rings is 1. The topological polar surface area (TPSA) is 79.2 Å². The number of phenols is 1. The highest BCUT2D eigenvalue weighted by Crippen LogP contribution is 2.40. The molecule has 5 nitrogen and oxygen atoms in total. The van der Waals surface area contributed by atoms with E-state index in [-0.39, 0.29) is 11.3 Å². The largest absolute Gasteiger partial charge is 0.507 e. The second-order valence-corrected chi connectivity index (χ2v) is 3.57. The third kappa shape index (κ3) is 1.73. The minimum atomic E-state index is -1.21. The number of rotatable bonds is 2. The summed E-state index contributed by atoms with van der Waals surface area (Å²) in [6.45, 7) is 2.13. The summed E-state index contributed by atoms with van der Waals surface area (Å²) in [6, 6.07) is 4.64. The van der Waals surface area contributed by atoms with Gasteiger partial charge in [-0.2, -0.15) is 0 Å². The van der Waals surface area contributed by atoms with Gasteiger partial charge in [-0.1, -0.05) is 6.07 Å². The molecule has 1 aromatic carbocycles. The molecule has 3 N–H and O–H groups in total. The van der Waals surface area contributed by atoms with Crippen LogP contribution in [0.1, 0.15) is 18.6 Å². The molecular weight excluding hydrogens is 212 g/mol. The van der Waals surface area contributed by atoms with Crippen molar-refractivity contribution in [3.05, 3.63) is 23.8 Å². The quantitative estimate of drug-likeness (QED) is 0.686. The Morgan fingerprint density at radius 3 is 2.81 bits per heavy atom. The SMILES string of the molecule is CCOC1Oc2cccc(O)c2C(O)C1O. The first-order valence-electron chi connectivity index (χ1n) is 5.11. The fourth-order valence-electron chi connectivity index (χ4n) is 1.74. The van der Waals surface area contributed by atoms with Crippen LogP contribution in [0.5, 0.6) is 11.5 Å². The van der Waals surface area contributed by atoms with E-state index in [1.54, 1.807) is 19.1 Å². The zero-order valence-corrected chi connectivity index (χ0v) is 8.83. The molecule has 88 valence electrons. The lowest BCUT2D eigenvalue weighted by atomic mass is 9.99. The second kappa shape index (κ2) is 4.29. The molecular formula is C11H14O5. The van der Waals surface area contributed by atoms with Gasteiger partial charge in [0.05, 0.1) is 5.56 Å². The Bertz CT molecular complexity index is 379. The fraction of sp³-hybridized carbons (Fsp3) is 0.455. The Morgan fingerprint density at radius 2 is 2.12 bits per heavy atom. The normalized spacial score (nSPS) is 28.3. The first-order valence-corrected chi connectivity index (χ1v) is 5.11. The third-order valence-corrected chi connectivity index (χ3v) is 2.52. The predicted octanol–water partition coefficient (Wildman–Crippen LogP) is 0.541. The predicted molar refractivity (Wildman–Crippen MR) is 55.1 cm³/mol. The van der Waals surface area contributed by atoms with Gasteiger partial charge in [-0.25, -0.2) is 0 Å². The van der Waals surface area contributed by atoms with Gasteiger partial charge >= 0.3 is 0 Å². The van der Waals surface area contributed by atoms with E-state index in [4.69, 9.17) is 9.47 Å². The Kier molecular flexibility index (Phi) is 3.00. The summed E-state index contributed by atoms with van der Waals surface area (Å²) in [5, 5.41) is 29.1. The zero-order chi connectivity index (χ0) is 11.7. The maximum absolute atomic E-state index is 9.84. The van der Waals surface area contributed by atoms with Crippen molar-refractivity contribution < 1.29 is 24.8 Å². The van der Waals surface area contributed by atoms with Crippen molar-refractivity contribution in [2.45, 2.75) is 25.4 Å². The lowest BCUT2D eigenvalue weighted by Crippen LogP contribution is -2.42. The van der Waals surface area contributed by atoms with E-state index in [9.17, 15) is 15.3 Å². The van der Waals surface area contributed by atoms with Crippen molar-refractivity contribution in [3.63, 3.8) is 0 Å². The average molecular weight is 226 g/mol. The molecule has 0 fully saturated rings. The van der Waals surface area contributed by atoms with Gasteiger partial charge in [-0.15, -0.1) is 0 Å². The molecule has 1 aliphatic rings. The van der Waals surface area contributed by atoms with Crippen LogP contribution in [0.15, 0.2) is 18.2 Å². The van der Waals surface area contributed by atoms with Gasteiger partial charge in [-0.05, 0) is 19.1 Å². The molecule has 2 rings (SSSR count). The molecule has 0 spiro atoms. The van der Waals surface area contributed by atoms with Crippen molar-refractivity contribution >= 4 is 0 Å². The van der Waals surface area contributed by atoms with Gasteiger partial charge in [0.2, 0.25) is 6.29 Å². The van der Waals surface area contributed by atoms with E-state index in [1.165, 1.54) is 6.07 Å². The van der Waals surface area contributed by atoms with E-state index < -0.39 is 18.5 Å². The molecule has 0 amide bonds. The Hall–Kier alpha value is -1.30. The van der Waals surface area contributed by atoms with Crippen LogP contribution in [0.25, 0.3) is 0 Å². The Morgan fingerprint density at radius 1 is 1.38 bits per heavy atom. The van der Waals surface area contributed by atoms with Crippen molar-refractivity contribution in [2.75, 3.05) is 6.61 Å². The highest BCUT2D eigenvalue weighted by molar-refractivity contribution is 5.47. The van der Waals surface area contributed by atoms with E-state index in [0.717, 1.165) is 0 Å². The highest BCUT2D eigenvalue weighted by atomic mass is 16.7. The molecule has 1 heterocycles. The lowest BCUT2D eigenvalue weighted by Gasteiger charge is -2.33. The van der Waals surface area contributed by atoms with E-state index in [0.29, 0.717) is 12.4 Å². The summed E-state index contributed by atoms with van der Waals surface area (Å²) < 4.78 is 10.5. The third-order valence-electron chi connectivity index (χ3n) is 2.52. The fourth-order valence-corrected chi connectivity index (χ4v) is 1.74. The smallest absolute Gasteiger partial charge is 0.229 e. The summed E-state index contributed by atoms with van der Waals surface area (Å²) in [4.78, 5) is 0. The zero-order valence-electron chi connectivity index (χ0n) is 8.83. The molecule has 3 unspecified atom stereocenters. The number of aliphatic hydroxyl groups is 2. The van der Waals surface area contributed by atoms with Gasteiger partial charge in [0.1, 0.15) is 23.7 Å². The standard InChI is InChI=1S/C11H14O5/c1-2-15-11-10(14)9(13)8-6(12)4-3-5-7(8)16-11/h3-5,9-14H,2H2,1H3. The van der Waals surface area contributed by atoms with Crippen LogP contribution in [0.2, 0.25) is 0 Å². The monoisotopic (exact) mass is 226 g/mol. The molecule has 3 atom stereocenters. The van der Waals surface area contributed by atoms with Crippen LogP contribution in [0.3, 0.4) is 0 Å². The molecule has 0 saturated carbocycles. The second-order valence-electron chi connectivity index (χ2n) is 3.57. The van der Waals surface area contributed by atoms with Gasteiger partial charge in [0, 0.05) is 6.61 Å². The van der Waals surface area contributed by atoms with Gasteiger partial charge < -0.3 is 24.8 Å². The summed E-state index contributed by atoms with van der Waals surface area (Å²) in [6.07, 6.45) is -3.32. The summed E-state index contributed by atoms with van der Waals surface area (Å²) in [5.41, 5.74) is 0.200. The Labute approximate surface area is 92.9 Å². The van der Waals surface area contributed by atoms with Crippen molar-refractivity contribution in [1.29, 1.82) is 0 Å². The number of hydrogen-bond donors (Lipinski definition) is 3. The van der Waals surface area contributed by atoms with Crippen LogP contribution in [-0.4, -0.2) is 34.3 Å². The van der Waals surface area contributed by atoms with Crippen LogP contribution >= 0.6 is 0 Å². The van der Waals surface area contributed by atoms with Gasteiger partial charge in [0.15, 0.2) is 0 Å². The molecule has 5 heteroatoms. The van der Waals surface area contributed by atoms with Crippen molar-refractivity contribution in [3.8, 4) is 11.5 Å². The van der Waals surface area contributed by atoms with Crippen molar-refractivity contribution in [1.82, 2.24) is 0 Å². The molecule has 0 radical (unpaired) electrons. The number of phenolic OH excluding ortho intramolecular Hbond substituents is 1. The molecule has 0 saturated heterocycles. The number of aliphatic hydroxyl groups excluding tert-OH is 2. The molecule has 1 aromatic rings. The molecule has 0 aromatic heterocycles. The van der Waals surface area contributed by atoms with E-state index >= 15 is 0 Å². The minimum Gasteiger partial charge on any atom is -0.507 e. The maximum Gasteiger partial charge on any atom is 0.229 e. The van der Waals surface area contributed by atoms with Crippen LogP contribution in [-0.2, 0) is 4.74 Å². The van der Waals surface area contributed by atoms with Crippen LogP contribution in [0, 0.1) is 0 Å². The lowest BCUT2D eigenvalue weighted by molar-refractivity contribution is -0.185. The van der Waals surface area contributed by atoms with Crippen LogP contribution < -0.4 is 4.74 Å². The van der Waals surface area contributed by atoms with Gasteiger partial charge in [0.25, 0.3) is 0 Å². The molecule has 0 bridgehead atoms. The maximum atomic E-state index is 9.84. The first kappa shape index (κ1) is 11.2. The van der Waals surface area contributed by atoms with Crippen molar-refractivity contribution in [2.24, 2.45) is 0 Å². The number of hydrogen-bond acceptors (Lipinski definition) is 5.